The topological polar surface area (TPSA) is 88.3 Å². The van der Waals surface area contributed by atoms with E-state index in [1.807, 2.05) is 0 Å². The Kier molecular flexibility index (Phi) is 2.88. The van der Waals surface area contributed by atoms with Crippen molar-refractivity contribution in [1.29, 1.82) is 0 Å². The second-order valence-electron chi connectivity index (χ2n) is 3.70. The molecule has 1 atom stereocenters. The number of thiazole rings is 1. The number of anilines is 1. The largest absolute Gasteiger partial charge is 0.300 e. The van der Waals surface area contributed by atoms with Crippen LogP contribution in [0.4, 0.5) is 5.13 Å². The molecule has 0 bridgehead atoms. The van der Waals surface area contributed by atoms with E-state index >= 15 is 0 Å². The third-order valence-corrected chi connectivity index (χ3v) is 3.37. The Labute approximate surface area is 96.4 Å². The van der Waals surface area contributed by atoms with E-state index in [9.17, 15) is 9.59 Å². The van der Waals surface area contributed by atoms with Crippen LogP contribution in [0, 0.1) is 5.92 Å². The Hall–Kier alpha value is -1.47. The van der Waals surface area contributed by atoms with Crippen molar-refractivity contribution in [3.63, 3.8) is 0 Å². The van der Waals surface area contributed by atoms with E-state index in [2.05, 4.69) is 10.4 Å². The summed E-state index contributed by atoms with van der Waals surface area (Å²) in [7, 11) is 0. The molecule has 1 aromatic heterocycles. The number of hydrogen-bond acceptors (Lipinski definition) is 6. The molecule has 1 unspecified atom stereocenters. The van der Waals surface area contributed by atoms with E-state index in [1.165, 1.54) is 16.2 Å². The number of carbonyl (C=O) groups is 2. The second kappa shape index (κ2) is 4.18. The number of imide groups is 1. The van der Waals surface area contributed by atoms with Crippen LogP contribution in [0.2, 0.25) is 0 Å². The average Bonchev–Trinajstić information content (AvgIpc) is 2.80. The van der Waals surface area contributed by atoms with Crippen molar-refractivity contribution in [2.75, 3.05) is 5.43 Å². The molecule has 16 heavy (non-hydrogen) atoms. The predicted octanol–water partition coefficient (Wildman–Crippen LogP) is 0.324. The zero-order valence-corrected chi connectivity index (χ0v) is 9.58. The minimum absolute atomic E-state index is 0.111. The molecule has 0 aromatic carbocycles. The Morgan fingerprint density at radius 1 is 1.69 bits per heavy atom. The molecule has 6 nitrogen and oxygen atoms in total. The molecule has 86 valence electrons. The number of nitrogens with zero attached hydrogens (tertiary/aromatic N) is 2. The van der Waals surface area contributed by atoms with Gasteiger partial charge in [-0.1, -0.05) is 18.3 Å². The van der Waals surface area contributed by atoms with E-state index in [-0.39, 0.29) is 17.7 Å². The first-order chi connectivity index (χ1) is 7.61. The molecule has 2 rings (SSSR count). The first kappa shape index (κ1) is 11.0. The molecule has 1 aliphatic heterocycles. The number of carbonyl (C=O) groups excluding carboxylic acids is 2. The van der Waals surface area contributed by atoms with Gasteiger partial charge in [-0.2, -0.15) is 0 Å². The monoisotopic (exact) mass is 240 g/mol. The van der Waals surface area contributed by atoms with Gasteiger partial charge in [-0.15, -0.1) is 0 Å². The molecule has 0 aliphatic carbocycles. The minimum atomic E-state index is -0.201. The van der Waals surface area contributed by atoms with Crippen molar-refractivity contribution in [3.8, 4) is 0 Å². The number of amides is 2. The van der Waals surface area contributed by atoms with Crippen LogP contribution in [0.5, 0.6) is 0 Å². The van der Waals surface area contributed by atoms with E-state index in [4.69, 9.17) is 5.84 Å². The molecular weight excluding hydrogens is 228 g/mol. The number of aromatic nitrogens is 1. The number of nitrogens with one attached hydrogen (secondary N) is 1. The smallest absolute Gasteiger partial charge is 0.232 e. The number of hydrogen-bond donors (Lipinski definition) is 2. The summed E-state index contributed by atoms with van der Waals surface area (Å²) in [6.07, 6.45) is 1.92. The average molecular weight is 240 g/mol. The van der Waals surface area contributed by atoms with Gasteiger partial charge in [0, 0.05) is 23.4 Å². The molecule has 0 radical (unpaired) electrons. The molecule has 2 amide bonds. The van der Waals surface area contributed by atoms with Gasteiger partial charge in [0.25, 0.3) is 0 Å². The molecule has 2 heterocycles. The van der Waals surface area contributed by atoms with Gasteiger partial charge >= 0.3 is 0 Å². The highest BCUT2D eigenvalue weighted by molar-refractivity contribution is 7.15. The Balaban J connectivity index is 2.09. The Bertz CT molecular complexity index is 431. The van der Waals surface area contributed by atoms with Crippen molar-refractivity contribution in [2.45, 2.75) is 19.9 Å². The fourth-order valence-corrected chi connectivity index (χ4v) is 2.33. The normalized spacial score (nSPS) is 20.6. The molecule has 1 saturated heterocycles. The van der Waals surface area contributed by atoms with E-state index in [1.54, 1.807) is 13.1 Å². The van der Waals surface area contributed by atoms with Crippen LogP contribution < -0.4 is 11.3 Å². The summed E-state index contributed by atoms with van der Waals surface area (Å²) in [5, 5.41) is 0.571. The Morgan fingerprint density at radius 3 is 2.94 bits per heavy atom. The molecule has 3 N–H and O–H groups in total. The first-order valence-corrected chi connectivity index (χ1v) is 5.69. The molecule has 7 heteroatoms. The van der Waals surface area contributed by atoms with Gasteiger partial charge in [-0.25, -0.2) is 10.8 Å². The summed E-state index contributed by atoms with van der Waals surface area (Å²) in [6.45, 7) is 2.06. The van der Waals surface area contributed by atoms with Gasteiger partial charge in [0.1, 0.15) is 0 Å². The van der Waals surface area contributed by atoms with Crippen molar-refractivity contribution in [3.05, 3.63) is 11.1 Å². The van der Waals surface area contributed by atoms with Gasteiger partial charge in [-0.05, 0) is 0 Å². The maximum absolute atomic E-state index is 11.6. The van der Waals surface area contributed by atoms with Crippen LogP contribution in [-0.2, 0) is 16.1 Å². The number of nitrogen functional groups attached to an aromatic ring is 1. The molecule has 0 spiro atoms. The lowest BCUT2D eigenvalue weighted by Crippen LogP contribution is -2.29. The summed E-state index contributed by atoms with van der Waals surface area (Å²) >= 11 is 1.33. The SMILES string of the molecule is CC1CC(=O)N(Cc2cnc(NN)s2)C1=O. The van der Waals surface area contributed by atoms with Crippen LogP contribution in [0.25, 0.3) is 0 Å². The van der Waals surface area contributed by atoms with E-state index in [0.29, 0.717) is 18.1 Å². The van der Waals surface area contributed by atoms with E-state index in [0.717, 1.165) is 4.88 Å². The Morgan fingerprint density at radius 2 is 2.44 bits per heavy atom. The number of rotatable bonds is 3. The lowest BCUT2D eigenvalue weighted by Gasteiger charge is -2.12. The fourth-order valence-electron chi connectivity index (χ4n) is 1.62. The van der Waals surface area contributed by atoms with Crippen LogP contribution in [0.3, 0.4) is 0 Å². The third kappa shape index (κ3) is 1.91. The summed E-state index contributed by atoms with van der Waals surface area (Å²) in [6, 6.07) is 0. The molecule has 1 aromatic rings. The lowest BCUT2D eigenvalue weighted by molar-refractivity contribution is -0.139. The van der Waals surface area contributed by atoms with Crippen molar-refractivity contribution in [1.82, 2.24) is 9.88 Å². The molecule has 1 aliphatic rings. The van der Waals surface area contributed by atoms with Crippen LogP contribution in [0.1, 0.15) is 18.2 Å². The standard InChI is InChI=1S/C9H12N4O2S/c1-5-2-7(14)13(8(5)15)4-6-3-11-9(12-10)16-6/h3,5H,2,4,10H2,1H3,(H,11,12). The zero-order valence-electron chi connectivity index (χ0n) is 8.77. The van der Waals surface area contributed by atoms with Crippen molar-refractivity contribution in [2.24, 2.45) is 11.8 Å². The third-order valence-electron chi connectivity index (χ3n) is 2.46. The number of nitrogens with two attached hydrogens (primary N) is 1. The summed E-state index contributed by atoms with van der Waals surface area (Å²) in [5.41, 5.74) is 2.42. The van der Waals surface area contributed by atoms with Gasteiger partial charge < -0.3 is 0 Å². The lowest BCUT2D eigenvalue weighted by atomic mass is 10.1. The second-order valence-corrected chi connectivity index (χ2v) is 4.81. The maximum Gasteiger partial charge on any atom is 0.232 e. The van der Waals surface area contributed by atoms with Crippen LogP contribution in [0.15, 0.2) is 6.20 Å². The van der Waals surface area contributed by atoms with Gasteiger partial charge in [0.2, 0.25) is 11.8 Å². The molecule has 0 saturated carbocycles. The number of likely N-dealkylation sites (tertiary alicyclic amines) is 1. The highest BCUT2D eigenvalue weighted by Gasteiger charge is 2.35. The summed E-state index contributed by atoms with van der Waals surface area (Å²) in [4.78, 5) is 29.3. The van der Waals surface area contributed by atoms with Crippen LogP contribution in [-0.4, -0.2) is 21.7 Å². The predicted molar refractivity (Wildman–Crippen MR) is 59.3 cm³/mol. The highest BCUT2D eigenvalue weighted by Crippen LogP contribution is 2.24. The van der Waals surface area contributed by atoms with Crippen LogP contribution >= 0.6 is 11.3 Å². The first-order valence-electron chi connectivity index (χ1n) is 4.87. The summed E-state index contributed by atoms with van der Waals surface area (Å²) < 4.78 is 0. The van der Waals surface area contributed by atoms with E-state index < -0.39 is 0 Å². The van der Waals surface area contributed by atoms with Gasteiger partial charge in [0.15, 0.2) is 5.13 Å². The zero-order chi connectivity index (χ0) is 11.7. The van der Waals surface area contributed by atoms with Crippen molar-refractivity contribution < 1.29 is 9.59 Å². The fraction of sp³-hybridized carbons (Fsp3) is 0.444. The maximum atomic E-state index is 11.6. The molecule has 1 fully saturated rings. The van der Waals surface area contributed by atoms with Gasteiger partial charge in [-0.3, -0.25) is 19.9 Å². The quantitative estimate of drug-likeness (QED) is 0.451. The molecular formula is C9H12N4O2S. The minimum Gasteiger partial charge on any atom is -0.300 e. The highest BCUT2D eigenvalue weighted by atomic mass is 32.1. The number of hydrazine groups is 1. The van der Waals surface area contributed by atoms with Crippen molar-refractivity contribution >= 4 is 28.3 Å². The summed E-state index contributed by atoms with van der Waals surface area (Å²) in [5.74, 6) is 4.77. The van der Waals surface area contributed by atoms with Gasteiger partial charge in [0.05, 0.1) is 6.54 Å².